The molecule has 0 bridgehead atoms. The smallest absolute Gasteiger partial charge is 0.284 e. The highest BCUT2D eigenvalue weighted by molar-refractivity contribution is 9.10. The molecule has 1 heterocycles. The Bertz CT molecular complexity index is 279. The Morgan fingerprint density at radius 2 is 1.64 bits per heavy atom. The van der Waals surface area contributed by atoms with Gasteiger partial charge in [0.2, 0.25) is 5.89 Å². The van der Waals surface area contributed by atoms with Gasteiger partial charge in [-0.15, -0.1) is 10.2 Å². The minimum Gasteiger partial charge on any atom is -0.415 e. The van der Waals surface area contributed by atoms with Crippen LogP contribution >= 0.6 is 15.9 Å². The average Bonchev–Trinajstić information content (AvgIpc) is 2.51. The van der Waals surface area contributed by atoms with E-state index in [2.05, 4.69) is 26.1 Å². The summed E-state index contributed by atoms with van der Waals surface area (Å²) in [6.07, 6.45) is 9.09. The van der Waals surface area contributed by atoms with Crippen molar-refractivity contribution in [3.05, 3.63) is 10.7 Å². The highest BCUT2D eigenvalue weighted by atomic mass is 79.9. The van der Waals surface area contributed by atoms with E-state index in [4.69, 9.17) is 4.42 Å². The number of halogens is 1. The monoisotopic (exact) mass is 258 g/mol. The van der Waals surface area contributed by atoms with E-state index >= 15 is 0 Å². The highest BCUT2D eigenvalue weighted by Crippen LogP contribution is 2.30. The number of rotatable bonds is 1. The van der Waals surface area contributed by atoms with E-state index in [1.54, 1.807) is 0 Å². The summed E-state index contributed by atoms with van der Waals surface area (Å²) >= 11 is 3.19. The van der Waals surface area contributed by atoms with Crippen LogP contribution < -0.4 is 0 Å². The maximum absolute atomic E-state index is 5.41. The van der Waals surface area contributed by atoms with Crippen molar-refractivity contribution in [2.45, 2.75) is 50.9 Å². The Kier molecular flexibility index (Phi) is 3.56. The largest absolute Gasteiger partial charge is 0.415 e. The second-order valence-electron chi connectivity index (χ2n) is 3.94. The van der Waals surface area contributed by atoms with E-state index in [1.165, 1.54) is 44.9 Å². The lowest BCUT2D eigenvalue weighted by molar-refractivity contribution is 0.369. The lowest BCUT2D eigenvalue weighted by atomic mass is 9.91. The van der Waals surface area contributed by atoms with Crippen molar-refractivity contribution in [2.24, 2.45) is 0 Å². The molecule has 0 N–H and O–H groups in total. The fourth-order valence-corrected chi connectivity index (χ4v) is 2.33. The van der Waals surface area contributed by atoms with E-state index in [0.717, 1.165) is 5.89 Å². The van der Waals surface area contributed by atoms with E-state index < -0.39 is 0 Å². The summed E-state index contributed by atoms with van der Waals surface area (Å²) in [5.41, 5.74) is 0. The van der Waals surface area contributed by atoms with Gasteiger partial charge in [0.05, 0.1) is 0 Å². The van der Waals surface area contributed by atoms with Crippen LogP contribution in [0, 0.1) is 0 Å². The molecule has 1 aromatic rings. The van der Waals surface area contributed by atoms with Crippen LogP contribution in [0.3, 0.4) is 0 Å². The molecule has 1 aliphatic rings. The van der Waals surface area contributed by atoms with Crippen molar-refractivity contribution in [3.63, 3.8) is 0 Å². The SMILES string of the molecule is Brc1nnc(C2CCCCCCC2)o1. The van der Waals surface area contributed by atoms with E-state index in [-0.39, 0.29) is 0 Å². The molecule has 78 valence electrons. The number of hydrogen-bond donors (Lipinski definition) is 0. The van der Waals surface area contributed by atoms with E-state index in [1.807, 2.05) is 0 Å². The van der Waals surface area contributed by atoms with Gasteiger partial charge in [-0.1, -0.05) is 32.1 Å². The lowest BCUT2D eigenvalue weighted by Crippen LogP contribution is -2.02. The van der Waals surface area contributed by atoms with Gasteiger partial charge in [0, 0.05) is 21.8 Å². The standard InChI is InChI=1S/C10H15BrN2O/c11-10-13-12-9(14-10)8-6-4-2-1-3-5-7-8/h8H,1-7H2. The Balaban J connectivity index is 2.00. The predicted octanol–water partition coefficient (Wildman–Crippen LogP) is 3.66. The van der Waals surface area contributed by atoms with Gasteiger partial charge in [-0.3, -0.25) is 0 Å². The predicted molar refractivity (Wildman–Crippen MR) is 57.1 cm³/mol. The molecule has 4 heteroatoms. The minimum absolute atomic E-state index is 0.495. The minimum atomic E-state index is 0.495. The second-order valence-corrected chi connectivity index (χ2v) is 4.61. The van der Waals surface area contributed by atoms with Crippen LogP contribution in [0.1, 0.15) is 56.8 Å². The quantitative estimate of drug-likeness (QED) is 0.772. The topological polar surface area (TPSA) is 38.9 Å². The Morgan fingerprint density at radius 3 is 2.21 bits per heavy atom. The van der Waals surface area contributed by atoms with Crippen molar-refractivity contribution in [1.29, 1.82) is 0 Å². The summed E-state index contributed by atoms with van der Waals surface area (Å²) in [6.45, 7) is 0. The summed E-state index contributed by atoms with van der Waals surface area (Å²) < 4.78 is 5.41. The first-order valence-electron chi connectivity index (χ1n) is 5.35. The molecule has 1 saturated carbocycles. The molecule has 0 amide bonds. The summed E-state index contributed by atoms with van der Waals surface area (Å²) in [5, 5.41) is 7.89. The van der Waals surface area contributed by atoms with Crippen LogP contribution in [0.25, 0.3) is 0 Å². The van der Waals surface area contributed by atoms with Gasteiger partial charge in [-0.05, 0) is 12.8 Å². The zero-order valence-corrected chi connectivity index (χ0v) is 9.79. The van der Waals surface area contributed by atoms with Gasteiger partial charge in [-0.25, -0.2) is 0 Å². The van der Waals surface area contributed by atoms with Crippen molar-refractivity contribution in [1.82, 2.24) is 10.2 Å². The Hall–Kier alpha value is -0.380. The molecular weight excluding hydrogens is 244 g/mol. The average molecular weight is 259 g/mol. The van der Waals surface area contributed by atoms with Gasteiger partial charge < -0.3 is 4.42 Å². The summed E-state index contributed by atoms with van der Waals surface area (Å²) in [6, 6.07) is 0. The Morgan fingerprint density at radius 1 is 1.00 bits per heavy atom. The maximum Gasteiger partial charge on any atom is 0.284 e. The van der Waals surface area contributed by atoms with E-state index in [9.17, 15) is 0 Å². The van der Waals surface area contributed by atoms with Gasteiger partial charge in [0.15, 0.2) is 0 Å². The van der Waals surface area contributed by atoms with Crippen LogP contribution in [0.4, 0.5) is 0 Å². The van der Waals surface area contributed by atoms with E-state index in [0.29, 0.717) is 10.7 Å². The number of hydrogen-bond acceptors (Lipinski definition) is 3. The summed E-state index contributed by atoms with van der Waals surface area (Å²) in [5.74, 6) is 1.31. The van der Waals surface area contributed by atoms with Crippen molar-refractivity contribution < 1.29 is 4.42 Å². The van der Waals surface area contributed by atoms with Gasteiger partial charge in [-0.2, -0.15) is 0 Å². The maximum atomic E-state index is 5.41. The molecule has 0 aliphatic heterocycles. The second kappa shape index (κ2) is 4.91. The van der Waals surface area contributed by atoms with Crippen LogP contribution in [-0.2, 0) is 0 Å². The molecule has 0 unspecified atom stereocenters. The molecule has 1 fully saturated rings. The van der Waals surface area contributed by atoms with Crippen molar-refractivity contribution in [2.75, 3.05) is 0 Å². The fraction of sp³-hybridized carbons (Fsp3) is 0.800. The molecular formula is C10H15BrN2O. The third kappa shape index (κ3) is 2.56. The Labute approximate surface area is 92.4 Å². The molecule has 0 radical (unpaired) electrons. The molecule has 2 rings (SSSR count). The van der Waals surface area contributed by atoms with Crippen molar-refractivity contribution in [3.8, 4) is 0 Å². The molecule has 1 aromatic heterocycles. The fourth-order valence-electron chi connectivity index (χ4n) is 2.08. The first-order chi connectivity index (χ1) is 6.86. The third-order valence-corrected chi connectivity index (χ3v) is 3.19. The summed E-state index contributed by atoms with van der Waals surface area (Å²) in [7, 11) is 0. The molecule has 14 heavy (non-hydrogen) atoms. The number of nitrogens with zero attached hydrogens (tertiary/aromatic N) is 2. The summed E-state index contributed by atoms with van der Waals surface area (Å²) in [4.78, 5) is 0.509. The zero-order chi connectivity index (χ0) is 9.80. The third-order valence-electron chi connectivity index (χ3n) is 2.87. The molecule has 0 saturated heterocycles. The first-order valence-corrected chi connectivity index (χ1v) is 6.14. The first kappa shape index (κ1) is 10.1. The zero-order valence-electron chi connectivity index (χ0n) is 8.21. The molecule has 0 spiro atoms. The molecule has 0 atom stereocenters. The molecule has 0 aromatic carbocycles. The van der Waals surface area contributed by atoms with Crippen LogP contribution in [0.2, 0.25) is 0 Å². The van der Waals surface area contributed by atoms with Crippen molar-refractivity contribution >= 4 is 15.9 Å². The normalized spacial score (nSPS) is 20.4. The van der Waals surface area contributed by atoms with Gasteiger partial charge in [0.1, 0.15) is 0 Å². The number of aromatic nitrogens is 2. The van der Waals surface area contributed by atoms with Gasteiger partial charge in [0.25, 0.3) is 4.80 Å². The van der Waals surface area contributed by atoms with Crippen LogP contribution in [0.5, 0.6) is 0 Å². The molecule has 3 nitrogen and oxygen atoms in total. The van der Waals surface area contributed by atoms with Crippen LogP contribution in [-0.4, -0.2) is 10.2 Å². The lowest BCUT2D eigenvalue weighted by Gasteiger charge is -2.15. The van der Waals surface area contributed by atoms with Gasteiger partial charge >= 0.3 is 0 Å². The van der Waals surface area contributed by atoms with Crippen LogP contribution in [0.15, 0.2) is 9.22 Å². The highest BCUT2D eigenvalue weighted by Gasteiger charge is 2.18. The molecule has 1 aliphatic carbocycles.